The number of sulfonamides is 1. The number of carbonyl (C=O) groups excluding carboxylic acids is 1. The molecule has 2 aromatic rings. The monoisotopic (exact) mass is 414 g/mol. The molecular weight excluding hydrogens is 396 g/mol. The molecular formula is C17H19ClN2O4S2. The molecule has 0 radical (unpaired) electrons. The summed E-state index contributed by atoms with van der Waals surface area (Å²) in [6.07, 6.45) is 1.60. The summed E-state index contributed by atoms with van der Waals surface area (Å²) in [5.41, 5.74) is 1.05. The van der Waals surface area contributed by atoms with Gasteiger partial charge in [0.1, 0.15) is 0 Å². The third-order valence-corrected chi connectivity index (χ3v) is 6.25. The van der Waals surface area contributed by atoms with Crippen LogP contribution in [0, 0.1) is 0 Å². The third-order valence-electron chi connectivity index (χ3n) is 4.10. The van der Waals surface area contributed by atoms with Gasteiger partial charge in [0.25, 0.3) is 5.91 Å². The van der Waals surface area contributed by atoms with Crippen molar-refractivity contribution in [1.29, 1.82) is 0 Å². The summed E-state index contributed by atoms with van der Waals surface area (Å²) in [5.74, 6) is -0.355. The average molecular weight is 415 g/mol. The molecule has 0 fully saturated rings. The first kappa shape index (κ1) is 20.6. The van der Waals surface area contributed by atoms with E-state index in [0.29, 0.717) is 4.90 Å². The predicted molar refractivity (Wildman–Crippen MR) is 102 cm³/mol. The lowest BCUT2D eigenvalue weighted by Crippen LogP contribution is -2.30. The van der Waals surface area contributed by atoms with E-state index in [1.807, 2.05) is 19.1 Å². The third kappa shape index (κ3) is 4.50. The highest BCUT2D eigenvalue weighted by atomic mass is 35.5. The van der Waals surface area contributed by atoms with Crippen LogP contribution in [0.3, 0.4) is 0 Å². The van der Waals surface area contributed by atoms with Crippen LogP contribution >= 0.6 is 11.6 Å². The van der Waals surface area contributed by atoms with E-state index in [4.69, 9.17) is 16.7 Å². The van der Waals surface area contributed by atoms with Gasteiger partial charge < -0.3 is 4.90 Å². The zero-order valence-electron chi connectivity index (χ0n) is 14.5. The molecule has 0 aromatic heterocycles. The molecule has 2 N–H and O–H groups in total. The van der Waals surface area contributed by atoms with E-state index < -0.39 is 20.8 Å². The van der Waals surface area contributed by atoms with Crippen LogP contribution in [0.5, 0.6) is 0 Å². The number of nitrogens with zero attached hydrogens (tertiary/aromatic N) is 1. The maximum absolute atomic E-state index is 12.7. The highest BCUT2D eigenvalue weighted by molar-refractivity contribution is 7.89. The van der Waals surface area contributed by atoms with Crippen molar-refractivity contribution in [3.05, 3.63) is 58.6 Å². The van der Waals surface area contributed by atoms with E-state index in [-0.39, 0.29) is 27.4 Å². The van der Waals surface area contributed by atoms with Gasteiger partial charge in [0.2, 0.25) is 10.0 Å². The summed E-state index contributed by atoms with van der Waals surface area (Å²) in [6, 6.07) is 10.6. The standard InChI is InChI=1S/C17H19ClN2O4S2/c1-11(12-4-6-13(7-5-12)25(3)22)20(2)17(21)15-9-8-14(10-16(15)18)26(19,23)24/h4-11H,1-3H3,(H2,19,23,24)/t11-,25+/m1/s1. The number of hydrogen-bond donors (Lipinski definition) is 1. The van der Waals surface area contributed by atoms with Crippen molar-refractivity contribution >= 4 is 38.3 Å². The van der Waals surface area contributed by atoms with E-state index in [9.17, 15) is 17.4 Å². The van der Waals surface area contributed by atoms with Gasteiger partial charge in [-0.25, -0.2) is 13.6 Å². The molecule has 0 aliphatic carbocycles. The number of benzene rings is 2. The molecule has 0 unspecified atom stereocenters. The number of halogens is 1. The van der Waals surface area contributed by atoms with Crippen molar-refractivity contribution in [3.63, 3.8) is 0 Å². The van der Waals surface area contributed by atoms with E-state index in [1.165, 1.54) is 17.0 Å². The normalized spacial score (nSPS) is 13.9. The Kier molecular flexibility index (Phi) is 6.23. The predicted octanol–water partition coefficient (Wildman–Crippen LogP) is 2.56. The van der Waals surface area contributed by atoms with Gasteiger partial charge in [0.05, 0.1) is 21.5 Å². The van der Waals surface area contributed by atoms with E-state index in [0.717, 1.165) is 11.6 Å². The van der Waals surface area contributed by atoms with Gasteiger partial charge in [-0.3, -0.25) is 9.00 Å². The largest absolute Gasteiger partial charge is 0.335 e. The second-order valence-corrected chi connectivity index (χ2v) is 9.15. The molecule has 0 heterocycles. The molecule has 6 nitrogen and oxygen atoms in total. The molecule has 1 amide bonds. The summed E-state index contributed by atoms with van der Waals surface area (Å²) in [5, 5.41) is 5.08. The molecule has 0 aliphatic rings. The van der Waals surface area contributed by atoms with Gasteiger partial charge in [-0.05, 0) is 42.8 Å². The van der Waals surface area contributed by atoms with Crippen LogP contribution in [0.4, 0.5) is 0 Å². The van der Waals surface area contributed by atoms with Crippen LogP contribution in [0.2, 0.25) is 5.02 Å². The van der Waals surface area contributed by atoms with Crippen molar-refractivity contribution in [1.82, 2.24) is 4.90 Å². The fourth-order valence-corrected chi connectivity index (χ4v) is 3.76. The number of nitrogens with two attached hydrogens (primary N) is 1. The fourth-order valence-electron chi connectivity index (χ4n) is 2.37. The van der Waals surface area contributed by atoms with Gasteiger partial charge in [-0.1, -0.05) is 23.7 Å². The summed E-state index contributed by atoms with van der Waals surface area (Å²) in [7, 11) is -3.33. The van der Waals surface area contributed by atoms with Crippen LogP contribution in [-0.2, 0) is 20.8 Å². The molecule has 0 saturated heterocycles. The first-order chi connectivity index (χ1) is 12.0. The van der Waals surface area contributed by atoms with Crippen LogP contribution in [0.15, 0.2) is 52.3 Å². The maximum atomic E-state index is 12.7. The smallest absolute Gasteiger partial charge is 0.255 e. The van der Waals surface area contributed by atoms with Gasteiger partial charge >= 0.3 is 0 Å². The minimum atomic E-state index is -3.89. The van der Waals surface area contributed by atoms with Crippen molar-refractivity contribution < 1.29 is 17.4 Å². The average Bonchev–Trinajstić information content (AvgIpc) is 2.59. The molecule has 0 saturated carbocycles. The van der Waals surface area contributed by atoms with Crippen LogP contribution in [-0.4, -0.2) is 36.7 Å². The Morgan fingerprint density at radius 3 is 2.23 bits per heavy atom. The fraction of sp³-hybridized carbons (Fsp3) is 0.235. The zero-order valence-corrected chi connectivity index (χ0v) is 16.9. The minimum absolute atomic E-state index is 0.0114. The summed E-state index contributed by atoms with van der Waals surface area (Å²) < 4.78 is 34.2. The number of hydrogen-bond acceptors (Lipinski definition) is 4. The molecule has 2 aromatic carbocycles. The van der Waals surface area contributed by atoms with Crippen molar-refractivity contribution in [2.45, 2.75) is 22.8 Å². The Labute approximate surface area is 160 Å². The Balaban J connectivity index is 2.27. The first-order valence-corrected chi connectivity index (χ1v) is 11.0. The Bertz CT molecular complexity index is 959. The second kappa shape index (κ2) is 7.87. The Hall–Kier alpha value is -1.74. The summed E-state index contributed by atoms with van der Waals surface area (Å²) in [6.45, 7) is 1.85. The van der Waals surface area contributed by atoms with Gasteiger partial charge in [0.15, 0.2) is 0 Å². The van der Waals surface area contributed by atoms with Crippen LogP contribution < -0.4 is 5.14 Å². The zero-order chi connectivity index (χ0) is 19.6. The molecule has 2 rings (SSSR count). The first-order valence-electron chi connectivity index (χ1n) is 7.55. The van der Waals surface area contributed by atoms with Crippen LogP contribution in [0.25, 0.3) is 0 Å². The molecule has 0 aliphatic heterocycles. The molecule has 0 spiro atoms. The lowest BCUT2D eigenvalue weighted by Gasteiger charge is -2.26. The maximum Gasteiger partial charge on any atom is 0.255 e. The topological polar surface area (TPSA) is 97.5 Å². The van der Waals surface area contributed by atoms with E-state index >= 15 is 0 Å². The van der Waals surface area contributed by atoms with E-state index in [2.05, 4.69) is 0 Å². The number of rotatable bonds is 5. The Morgan fingerprint density at radius 2 is 1.77 bits per heavy atom. The molecule has 2 atom stereocenters. The quantitative estimate of drug-likeness (QED) is 0.812. The number of primary sulfonamides is 1. The van der Waals surface area contributed by atoms with Gasteiger partial charge in [-0.2, -0.15) is 0 Å². The van der Waals surface area contributed by atoms with Gasteiger partial charge in [0, 0.05) is 29.0 Å². The molecule has 9 heteroatoms. The highest BCUT2D eigenvalue weighted by Gasteiger charge is 2.22. The van der Waals surface area contributed by atoms with Crippen molar-refractivity contribution in [3.8, 4) is 0 Å². The number of carbonyl (C=O) groups is 1. The minimum Gasteiger partial charge on any atom is -0.335 e. The van der Waals surface area contributed by atoms with Crippen molar-refractivity contribution in [2.24, 2.45) is 5.14 Å². The van der Waals surface area contributed by atoms with Crippen LogP contribution in [0.1, 0.15) is 28.9 Å². The second-order valence-electron chi connectivity index (χ2n) is 5.80. The summed E-state index contributed by atoms with van der Waals surface area (Å²) >= 11 is 6.08. The van der Waals surface area contributed by atoms with Gasteiger partial charge in [-0.15, -0.1) is 0 Å². The van der Waals surface area contributed by atoms with Crippen molar-refractivity contribution in [2.75, 3.05) is 13.3 Å². The summed E-state index contributed by atoms with van der Waals surface area (Å²) in [4.78, 5) is 14.8. The Morgan fingerprint density at radius 1 is 1.19 bits per heavy atom. The highest BCUT2D eigenvalue weighted by Crippen LogP contribution is 2.26. The molecule has 26 heavy (non-hydrogen) atoms. The lowest BCUT2D eigenvalue weighted by molar-refractivity contribution is 0.0742. The number of amides is 1. The van der Waals surface area contributed by atoms with E-state index in [1.54, 1.807) is 25.4 Å². The molecule has 0 bridgehead atoms. The molecule has 140 valence electrons. The lowest BCUT2D eigenvalue weighted by atomic mass is 10.1. The SMILES string of the molecule is C[C@H](c1ccc([S@](C)=O)cc1)N(C)C(=O)c1ccc(S(N)(=O)=O)cc1Cl.